The average molecular weight is 289 g/mol. The molecule has 1 aromatic heterocycles. The van der Waals surface area contributed by atoms with Gasteiger partial charge in [0.2, 0.25) is 0 Å². The van der Waals surface area contributed by atoms with Crippen molar-refractivity contribution >= 4 is 11.6 Å². The van der Waals surface area contributed by atoms with Crippen LogP contribution in [0.25, 0.3) is 0 Å². The van der Waals surface area contributed by atoms with Gasteiger partial charge < -0.3 is 19.5 Å². The van der Waals surface area contributed by atoms with Gasteiger partial charge in [0, 0.05) is 5.56 Å². The second kappa shape index (κ2) is 6.56. The number of anilines is 1. The number of methoxy groups -OCH3 is 3. The predicted octanol–water partition coefficient (Wildman–Crippen LogP) is 1.75. The monoisotopic (exact) mass is 289 g/mol. The third-order valence-electron chi connectivity index (χ3n) is 2.71. The van der Waals surface area contributed by atoms with Crippen LogP contribution in [0.4, 0.5) is 5.69 Å². The zero-order chi connectivity index (χ0) is 15.2. The second-order valence-corrected chi connectivity index (χ2v) is 3.98. The number of carbonyl (C=O) groups is 1. The topological polar surface area (TPSA) is 82.6 Å². The number of nitrogens with one attached hydrogen (secondary N) is 1. The number of nitrogens with zero attached hydrogens (tertiary/aromatic N) is 2. The zero-order valence-electron chi connectivity index (χ0n) is 11.9. The van der Waals surface area contributed by atoms with Gasteiger partial charge in [0.15, 0.2) is 11.5 Å². The quantitative estimate of drug-likeness (QED) is 0.903. The molecule has 0 radical (unpaired) electrons. The average Bonchev–Trinajstić information content (AvgIpc) is 2.54. The zero-order valence-corrected chi connectivity index (χ0v) is 11.9. The van der Waals surface area contributed by atoms with E-state index in [9.17, 15) is 4.79 Å². The van der Waals surface area contributed by atoms with Crippen molar-refractivity contribution in [3.8, 4) is 17.5 Å². The molecule has 0 unspecified atom stereocenters. The Hall–Kier alpha value is -2.83. The predicted molar refractivity (Wildman–Crippen MR) is 76.1 cm³/mol. The first-order valence-electron chi connectivity index (χ1n) is 6.07. The van der Waals surface area contributed by atoms with Crippen LogP contribution in [0.2, 0.25) is 0 Å². The van der Waals surface area contributed by atoms with Gasteiger partial charge in [0.05, 0.1) is 39.4 Å². The Kier molecular flexibility index (Phi) is 4.55. The molecule has 0 aliphatic carbocycles. The van der Waals surface area contributed by atoms with E-state index in [2.05, 4.69) is 15.3 Å². The molecular weight excluding hydrogens is 274 g/mol. The van der Waals surface area contributed by atoms with Crippen molar-refractivity contribution in [3.63, 3.8) is 0 Å². The van der Waals surface area contributed by atoms with E-state index < -0.39 is 0 Å². The summed E-state index contributed by atoms with van der Waals surface area (Å²) in [7, 11) is 4.51. The van der Waals surface area contributed by atoms with E-state index in [4.69, 9.17) is 14.2 Å². The highest BCUT2D eigenvalue weighted by atomic mass is 16.5. The molecule has 1 heterocycles. The Morgan fingerprint density at radius 1 is 1.00 bits per heavy atom. The van der Waals surface area contributed by atoms with Crippen LogP contribution < -0.4 is 19.5 Å². The van der Waals surface area contributed by atoms with Crippen LogP contribution in [-0.4, -0.2) is 37.2 Å². The minimum absolute atomic E-state index is 0.235. The van der Waals surface area contributed by atoms with Crippen molar-refractivity contribution in [2.45, 2.75) is 0 Å². The molecule has 0 aliphatic rings. The van der Waals surface area contributed by atoms with Gasteiger partial charge in [-0.25, -0.2) is 9.97 Å². The SMILES string of the molecule is COc1ncc(NC(=O)c2ccc(OC)c(OC)c2)cn1. The molecular formula is C14H15N3O4. The molecule has 0 aliphatic heterocycles. The van der Waals surface area contributed by atoms with Gasteiger partial charge in [-0.3, -0.25) is 4.79 Å². The number of carbonyl (C=O) groups excluding carboxylic acids is 1. The number of aromatic nitrogens is 2. The normalized spacial score (nSPS) is 9.86. The minimum Gasteiger partial charge on any atom is -0.493 e. The van der Waals surface area contributed by atoms with Crippen molar-refractivity contribution in [3.05, 3.63) is 36.2 Å². The van der Waals surface area contributed by atoms with Crippen LogP contribution in [0, 0.1) is 0 Å². The summed E-state index contributed by atoms with van der Waals surface area (Å²) in [6.07, 6.45) is 2.93. The van der Waals surface area contributed by atoms with E-state index in [0.717, 1.165) is 0 Å². The molecule has 7 nitrogen and oxygen atoms in total. The summed E-state index contributed by atoms with van der Waals surface area (Å²) in [4.78, 5) is 20.0. The van der Waals surface area contributed by atoms with Gasteiger partial charge in [-0.05, 0) is 18.2 Å². The standard InChI is InChI=1S/C14H15N3O4/c1-19-11-5-4-9(6-12(11)20-2)13(18)17-10-7-15-14(21-3)16-8-10/h4-8H,1-3H3,(H,17,18). The molecule has 2 rings (SSSR count). The molecule has 1 amide bonds. The van der Waals surface area contributed by atoms with E-state index in [-0.39, 0.29) is 11.9 Å². The van der Waals surface area contributed by atoms with E-state index in [0.29, 0.717) is 22.7 Å². The van der Waals surface area contributed by atoms with Crippen LogP contribution in [0.3, 0.4) is 0 Å². The van der Waals surface area contributed by atoms with Crippen LogP contribution in [0.15, 0.2) is 30.6 Å². The third-order valence-corrected chi connectivity index (χ3v) is 2.71. The van der Waals surface area contributed by atoms with Crippen LogP contribution in [0.1, 0.15) is 10.4 Å². The number of amides is 1. The molecule has 2 aromatic rings. The molecule has 0 bridgehead atoms. The fourth-order valence-corrected chi connectivity index (χ4v) is 1.67. The summed E-state index contributed by atoms with van der Waals surface area (Å²) in [6, 6.07) is 5.14. The Morgan fingerprint density at radius 3 is 2.24 bits per heavy atom. The number of hydrogen-bond donors (Lipinski definition) is 1. The highest BCUT2D eigenvalue weighted by molar-refractivity contribution is 6.04. The first-order valence-corrected chi connectivity index (χ1v) is 6.07. The molecule has 1 N–H and O–H groups in total. The van der Waals surface area contributed by atoms with Crippen molar-refractivity contribution in [2.24, 2.45) is 0 Å². The van der Waals surface area contributed by atoms with Gasteiger partial charge in [-0.1, -0.05) is 0 Å². The first kappa shape index (κ1) is 14.6. The van der Waals surface area contributed by atoms with E-state index >= 15 is 0 Å². The van der Waals surface area contributed by atoms with E-state index in [1.54, 1.807) is 18.2 Å². The fourth-order valence-electron chi connectivity index (χ4n) is 1.67. The Bertz CT molecular complexity index is 629. The number of ether oxygens (including phenoxy) is 3. The highest BCUT2D eigenvalue weighted by Crippen LogP contribution is 2.27. The minimum atomic E-state index is -0.301. The summed E-state index contributed by atoms with van der Waals surface area (Å²) in [5, 5.41) is 2.68. The Labute approximate surface area is 121 Å². The molecule has 1 aromatic carbocycles. The largest absolute Gasteiger partial charge is 0.493 e. The summed E-state index contributed by atoms with van der Waals surface area (Å²) >= 11 is 0. The van der Waals surface area contributed by atoms with Gasteiger partial charge in [-0.2, -0.15) is 0 Å². The summed E-state index contributed by atoms with van der Waals surface area (Å²) in [5.74, 6) is 0.739. The number of hydrogen-bond acceptors (Lipinski definition) is 6. The van der Waals surface area contributed by atoms with E-state index in [1.165, 1.54) is 33.7 Å². The van der Waals surface area contributed by atoms with Crippen molar-refractivity contribution < 1.29 is 19.0 Å². The van der Waals surface area contributed by atoms with Gasteiger partial charge >= 0.3 is 6.01 Å². The maximum Gasteiger partial charge on any atom is 0.316 e. The molecule has 0 spiro atoms. The maximum absolute atomic E-state index is 12.1. The number of benzene rings is 1. The van der Waals surface area contributed by atoms with Gasteiger partial charge in [0.25, 0.3) is 5.91 Å². The summed E-state index contributed by atoms with van der Waals surface area (Å²) < 4.78 is 15.1. The van der Waals surface area contributed by atoms with Crippen molar-refractivity contribution in [2.75, 3.05) is 26.6 Å². The lowest BCUT2D eigenvalue weighted by Crippen LogP contribution is -2.12. The molecule has 7 heteroatoms. The molecule has 21 heavy (non-hydrogen) atoms. The molecule has 0 saturated heterocycles. The summed E-state index contributed by atoms with van der Waals surface area (Å²) in [6.45, 7) is 0. The van der Waals surface area contributed by atoms with Gasteiger partial charge in [-0.15, -0.1) is 0 Å². The highest BCUT2D eigenvalue weighted by Gasteiger charge is 2.11. The van der Waals surface area contributed by atoms with Gasteiger partial charge in [0.1, 0.15) is 0 Å². The Balaban J connectivity index is 2.15. The Morgan fingerprint density at radius 2 is 1.67 bits per heavy atom. The van der Waals surface area contributed by atoms with Crippen LogP contribution >= 0.6 is 0 Å². The maximum atomic E-state index is 12.1. The summed E-state index contributed by atoms with van der Waals surface area (Å²) in [5.41, 5.74) is 0.902. The molecule has 110 valence electrons. The van der Waals surface area contributed by atoms with E-state index in [1.807, 2.05) is 0 Å². The van der Waals surface area contributed by atoms with Crippen LogP contribution in [-0.2, 0) is 0 Å². The van der Waals surface area contributed by atoms with Crippen molar-refractivity contribution in [1.29, 1.82) is 0 Å². The molecule has 0 atom stereocenters. The number of rotatable bonds is 5. The van der Waals surface area contributed by atoms with Crippen molar-refractivity contribution in [1.82, 2.24) is 9.97 Å². The lowest BCUT2D eigenvalue weighted by Gasteiger charge is -2.10. The smallest absolute Gasteiger partial charge is 0.316 e. The molecule has 0 fully saturated rings. The first-order chi connectivity index (χ1) is 10.2. The lowest BCUT2D eigenvalue weighted by atomic mass is 10.2. The third kappa shape index (κ3) is 3.38. The molecule has 0 saturated carbocycles. The fraction of sp³-hybridized carbons (Fsp3) is 0.214. The van der Waals surface area contributed by atoms with Crippen LogP contribution in [0.5, 0.6) is 17.5 Å². The lowest BCUT2D eigenvalue weighted by molar-refractivity contribution is 0.102. The second-order valence-electron chi connectivity index (χ2n) is 3.98.